The third-order valence-electron chi connectivity index (χ3n) is 2.85. The molecule has 20 heavy (non-hydrogen) atoms. The van der Waals surface area contributed by atoms with Gasteiger partial charge in [-0.2, -0.15) is 0 Å². The molecular formula is C13H19N3O4. The quantitative estimate of drug-likeness (QED) is 0.469. The Hall–Kier alpha value is -2.02. The van der Waals surface area contributed by atoms with Gasteiger partial charge in [0.25, 0.3) is 5.69 Å². The smallest absolute Gasteiger partial charge is 0.296 e. The van der Waals surface area contributed by atoms with Crippen LogP contribution in [0.3, 0.4) is 0 Å². The fourth-order valence-corrected chi connectivity index (χ4v) is 1.93. The van der Waals surface area contributed by atoms with Gasteiger partial charge in [-0.05, 0) is 0 Å². The predicted octanol–water partition coefficient (Wildman–Crippen LogP) is 1.78. The fourth-order valence-electron chi connectivity index (χ4n) is 1.93. The summed E-state index contributed by atoms with van der Waals surface area (Å²) in [5.74, 6) is 0.968. The van der Waals surface area contributed by atoms with Crippen molar-refractivity contribution < 1.29 is 14.4 Å². The second kappa shape index (κ2) is 6.42. The highest BCUT2D eigenvalue weighted by atomic mass is 16.6. The van der Waals surface area contributed by atoms with E-state index in [1.54, 1.807) is 6.07 Å². The van der Waals surface area contributed by atoms with E-state index in [0.717, 1.165) is 6.54 Å². The number of hydrogen-bond donors (Lipinski definition) is 2. The number of hydrogen-bond acceptors (Lipinski definition) is 6. The lowest BCUT2D eigenvalue weighted by Crippen LogP contribution is -2.28. The Balaban J connectivity index is 2.11. The molecule has 1 aliphatic heterocycles. The molecular weight excluding hydrogens is 262 g/mol. The van der Waals surface area contributed by atoms with Crippen molar-refractivity contribution in [1.82, 2.24) is 5.32 Å². The second-order valence-electron chi connectivity index (χ2n) is 4.81. The van der Waals surface area contributed by atoms with Crippen LogP contribution in [0.1, 0.15) is 13.8 Å². The first-order valence-electron chi connectivity index (χ1n) is 6.63. The van der Waals surface area contributed by atoms with Gasteiger partial charge in [0, 0.05) is 25.2 Å². The molecule has 0 spiro atoms. The molecule has 7 nitrogen and oxygen atoms in total. The van der Waals surface area contributed by atoms with Gasteiger partial charge in [0.1, 0.15) is 18.9 Å². The molecule has 0 saturated heterocycles. The molecule has 0 unspecified atom stereocenters. The Bertz CT molecular complexity index is 491. The van der Waals surface area contributed by atoms with Crippen LogP contribution < -0.4 is 20.1 Å². The van der Waals surface area contributed by atoms with Crippen LogP contribution >= 0.6 is 0 Å². The number of anilines is 1. The van der Waals surface area contributed by atoms with Gasteiger partial charge < -0.3 is 20.1 Å². The van der Waals surface area contributed by atoms with Crippen molar-refractivity contribution in [2.24, 2.45) is 0 Å². The summed E-state index contributed by atoms with van der Waals surface area (Å²) in [5, 5.41) is 17.4. The summed E-state index contributed by atoms with van der Waals surface area (Å²) in [5.41, 5.74) is 0.448. The van der Waals surface area contributed by atoms with E-state index >= 15 is 0 Å². The SMILES string of the molecule is CC(C)NCCNc1cc2c(cc1[N+](=O)[O-])OCCO2. The van der Waals surface area contributed by atoms with Crippen LogP contribution in [0.25, 0.3) is 0 Å². The van der Waals surface area contributed by atoms with Gasteiger partial charge >= 0.3 is 0 Å². The molecule has 110 valence electrons. The maximum absolute atomic E-state index is 11.1. The summed E-state index contributed by atoms with van der Waals surface area (Å²) >= 11 is 0. The maximum atomic E-state index is 11.1. The Morgan fingerprint density at radius 1 is 1.25 bits per heavy atom. The molecule has 1 heterocycles. The molecule has 1 aliphatic rings. The van der Waals surface area contributed by atoms with E-state index in [0.29, 0.717) is 43.0 Å². The summed E-state index contributed by atoms with van der Waals surface area (Å²) in [6.45, 7) is 6.29. The molecule has 0 saturated carbocycles. The van der Waals surface area contributed by atoms with E-state index in [9.17, 15) is 10.1 Å². The number of nitrogens with zero attached hydrogens (tertiary/aromatic N) is 1. The average Bonchev–Trinajstić information content (AvgIpc) is 2.42. The molecule has 2 N–H and O–H groups in total. The van der Waals surface area contributed by atoms with Gasteiger partial charge in [0.2, 0.25) is 0 Å². The highest BCUT2D eigenvalue weighted by Crippen LogP contribution is 2.39. The summed E-state index contributed by atoms with van der Waals surface area (Å²) < 4.78 is 10.8. The first-order chi connectivity index (χ1) is 9.58. The van der Waals surface area contributed by atoms with Crippen molar-refractivity contribution in [1.29, 1.82) is 0 Å². The minimum absolute atomic E-state index is 0.00111. The van der Waals surface area contributed by atoms with Crippen molar-refractivity contribution in [3.05, 3.63) is 22.2 Å². The number of nitro groups is 1. The van der Waals surface area contributed by atoms with E-state index in [-0.39, 0.29) is 5.69 Å². The first-order valence-corrected chi connectivity index (χ1v) is 6.63. The average molecular weight is 281 g/mol. The second-order valence-corrected chi connectivity index (χ2v) is 4.81. The third-order valence-corrected chi connectivity index (χ3v) is 2.85. The van der Waals surface area contributed by atoms with Gasteiger partial charge in [-0.15, -0.1) is 0 Å². The largest absolute Gasteiger partial charge is 0.486 e. The number of ether oxygens (including phenoxy) is 2. The number of nitrogens with one attached hydrogen (secondary N) is 2. The van der Waals surface area contributed by atoms with E-state index in [1.807, 2.05) is 13.8 Å². The summed E-state index contributed by atoms with van der Waals surface area (Å²) in [7, 11) is 0. The molecule has 7 heteroatoms. The van der Waals surface area contributed by atoms with Crippen LogP contribution in [-0.4, -0.2) is 37.3 Å². The fraction of sp³-hybridized carbons (Fsp3) is 0.538. The number of benzene rings is 1. The molecule has 0 radical (unpaired) electrons. The molecule has 0 atom stereocenters. The molecule has 0 aromatic heterocycles. The highest BCUT2D eigenvalue weighted by Gasteiger charge is 2.21. The lowest BCUT2D eigenvalue weighted by molar-refractivity contribution is -0.384. The normalized spacial score (nSPS) is 13.3. The number of fused-ring (bicyclic) bond motifs is 1. The van der Waals surface area contributed by atoms with Crippen molar-refractivity contribution >= 4 is 11.4 Å². The molecule has 0 aliphatic carbocycles. The Morgan fingerprint density at radius 3 is 2.50 bits per heavy atom. The highest BCUT2D eigenvalue weighted by molar-refractivity contribution is 5.68. The van der Waals surface area contributed by atoms with Crippen LogP contribution in [-0.2, 0) is 0 Å². The third kappa shape index (κ3) is 3.51. The van der Waals surface area contributed by atoms with Gasteiger partial charge in [-0.1, -0.05) is 13.8 Å². The van der Waals surface area contributed by atoms with Crippen molar-refractivity contribution in [3.8, 4) is 11.5 Å². The lowest BCUT2D eigenvalue weighted by atomic mass is 10.2. The molecule has 0 amide bonds. The zero-order chi connectivity index (χ0) is 14.5. The first kappa shape index (κ1) is 14.4. The maximum Gasteiger partial charge on any atom is 0.296 e. The van der Waals surface area contributed by atoms with Crippen LogP contribution in [0.15, 0.2) is 12.1 Å². The van der Waals surface area contributed by atoms with E-state index in [2.05, 4.69) is 10.6 Å². The summed E-state index contributed by atoms with van der Waals surface area (Å²) in [4.78, 5) is 10.7. The number of rotatable bonds is 6. The van der Waals surface area contributed by atoms with Crippen LogP contribution in [0, 0.1) is 10.1 Å². The van der Waals surface area contributed by atoms with E-state index < -0.39 is 4.92 Å². The minimum Gasteiger partial charge on any atom is -0.486 e. The molecule has 1 aromatic carbocycles. The predicted molar refractivity (Wildman–Crippen MR) is 75.7 cm³/mol. The van der Waals surface area contributed by atoms with Crippen LogP contribution in [0.5, 0.6) is 11.5 Å². The standard InChI is InChI=1S/C13H19N3O4/c1-9(2)14-3-4-15-10-7-12-13(20-6-5-19-12)8-11(10)16(17)18/h7-9,14-15H,3-6H2,1-2H3. The molecule has 2 rings (SSSR count). The Kier molecular flexibility index (Phi) is 4.62. The van der Waals surface area contributed by atoms with Crippen LogP contribution in [0.4, 0.5) is 11.4 Å². The van der Waals surface area contributed by atoms with Crippen molar-refractivity contribution in [3.63, 3.8) is 0 Å². The summed E-state index contributed by atoms with van der Waals surface area (Å²) in [6, 6.07) is 3.42. The molecule has 0 fully saturated rings. The lowest BCUT2D eigenvalue weighted by Gasteiger charge is -2.19. The van der Waals surface area contributed by atoms with Crippen molar-refractivity contribution in [2.45, 2.75) is 19.9 Å². The van der Waals surface area contributed by atoms with E-state index in [1.165, 1.54) is 6.07 Å². The summed E-state index contributed by atoms with van der Waals surface area (Å²) in [6.07, 6.45) is 0. The molecule has 0 bridgehead atoms. The van der Waals surface area contributed by atoms with Crippen LogP contribution in [0.2, 0.25) is 0 Å². The zero-order valence-electron chi connectivity index (χ0n) is 11.6. The minimum atomic E-state index is -0.420. The Morgan fingerprint density at radius 2 is 1.90 bits per heavy atom. The van der Waals surface area contributed by atoms with Gasteiger partial charge in [-0.3, -0.25) is 10.1 Å². The Labute approximate surface area is 117 Å². The zero-order valence-corrected chi connectivity index (χ0v) is 11.6. The number of nitro benzene ring substituents is 1. The van der Waals surface area contributed by atoms with Gasteiger partial charge in [0.05, 0.1) is 11.0 Å². The monoisotopic (exact) mass is 281 g/mol. The van der Waals surface area contributed by atoms with E-state index in [4.69, 9.17) is 9.47 Å². The van der Waals surface area contributed by atoms with Gasteiger partial charge in [0.15, 0.2) is 11.5 Å². The van der Waals surface area contributed by atoms with Gasteiger partial charge in [-0.25, -0.2) is 0 Å². The topological polar surface area (TPSA) is 85.7 Å². The van der Waals surface area contributed by atoms with Crippen molar-refractivity contribution in [2.75, 3.05) is 31.6 Å². The molecule has 1 aromatic rings.